The van der Waals surface area contributed by atoms with Crippen LogP contribution in [0.15, 0.2) is 82.4 Å². The van der Waals surface area contributed by atoms with Crippen LogP contribution in [0.25, 0.3) is 11.5 Å². The number of hydrogen-bond donors (Lipinski definition) is 1. The van der Waals surface area contributed by atoms with Crippen molar-refractivity contribution in [3.8, 4) is 17.2 Å². The Morgan fingerprint density at radius 2 is 1.83 bits per heavy atom. The second-order valence-corrected chi connectivity index (χ2v) is 6.99. The monoisotopic (exact) mass is 418 g/mol. The van der Waals surface area contributed by atoms with Crippen molar-refractivity contribution in [3.05, 3.63) is 84.4 Å². The number of pyridine rings is 1. The molecule has 2 aromatic heterocycles. The lowest BCUT2D eigenvalue weighted by molar-refractivity contribution is 0.102. The lowest BCUT2D eigenvalue weighted by Gasteiger charge is -2.09. The second kappa shape index (κ2) is 9.23. The van der Waals surface area contributed by atoms with Crippen LogP contribution >= 0.6 is 11.8 Å². The number of amides is 1. The summed E-state index contributed by atoms with van der Waals surface area (Å²) in [6, 6.07) is 20.1. The smallest absolute Gasteiger partial charge is 0.258 e. The molecule has 8 heteroatoms. The van der Waals surface area contributed by atoms with E-state index in [1.807, 2.05) is 36.6 Å². The van der Waals surface area contributed by atoms with Crippen LogP contribution in [0.4, 0.5) is 5.69 Å². The van der Waals surface area contributed by atoms with Crippen LogP contribution in [0, 0.1) is 0 Å². The Bertz CT molecular complexity index is 1130. The molecule has 7 nitrogen and oxygen atoms in total. The Labute approximate surface area is 177 Å². The number of aromatic nitrogens is 3. The molecule has 2 heterocycles. The largest absolute Gasteiger partial charge is 0.484 e. The number of rotatable bonds is 7. The van der Waals surface area contributed by atoms with Gasteiger partial charge in [-0.3, -0.25) is 4.79 Å². The summed E-state index contributed by atoms with van der Waals surface area (Å²) >= 11 is 1.43. The lowest BCUT2D eigenvalue weighted by Crippen LogP contribution is -2.13. The van der Waals surface area contributed by atoms with E-state index in [4.69, 9.17) is 9.15 Å². The SMILES string of the molecule is CSc1ncccc1C(=O)Nc1ccc(OCc2nnc(-c3ccccc3)o2)cc1. The number of hydrogen-bond acceptors (Lipinski definition) is 7. The first kappa shape index (κ1) is 19.7. The number of carbonyl (C=O) groups is 1. The topological polar surface area (TPSA) is 90.1 Å². The van der Waals surface area contributed by atoms with Crippen LogP contribution in [-0.4, -0.2) is 27.3 Å². The zero-order valence-corrected chi connectivity index (χ0v) is 16.9. The molecule has 0 aliphatic heterocycles. The van der Waals surface area contributed by atoms with Crippen LogP contribution in [0.5, 0.6) is 5.75 Å². The van der Waals surface area contributed by atoms with E-state index in [9.17, 15) is 4.79 Å². The maximum absolute atomic E-state index is 12.5. The summed E-state index contributed by atoms with van der Waals surface area (Å²) in [4.78, 5) is 16.7. The highest BCUT2D eigenvalue weighted by molar-refractivity contribution is 7.98. The zero-order chi connectivity index (χ0) is 20.8. The molecule has 2 aromatic carbocycles. The molecule has 0 fully saturated rings. The van der Waals surface area contributed by atoms with Crippen molar-refractivity contribution >= 4 is 23.4 Å². The lowest BCUT2D eigenvalue weighted by atomic mass is 10.2. The van der Waals surface area contributed by atoms with E-state index >= 15 is 0 Å². The summed E-state index contributed by atoms with van der Waals surface area (Å²) in [6.07, 6.45) is 3.55. The van der Waals surface area contributed by atoms with Crippen molar-refractivity contribution in [2.75, 3.05) is 11.6 Å². The van der Waals surface area contributed by atoms with E-state index in [1.165, 1.54) is 11.8 Å². The maximum atomic E-state index is 12.5. The van der Waals surface area contributed by atoms with Gasteiger partial charge >= 0.3 is 0 Å². The molecular formula is C22H18N4O3S. The van der Waals surface area contributed by atoms with Crippen molar-refractivity contribution in [2.24, 2.45) is 0 Å². The first-order valence-corrected chi connectivity index (χ1v) is 10.4. The van der Waals surface area contributed by atoms with Gasteiger partial charge in [0.1, 0.15) is 10.8 Å². The average Bonchev–Trinajstić information content (AvgIpc) is 3.28. The van der Waals surface area contributed by atoms with Gasteiger partial charge in [-0.25, -0.2) is 4.98 Å². The van der Waals surface area contributed by atoms with Crippen molar-refractivity contribution in [3.63, 3.8) is 0 Å². The molecule has 1 amide bonds. The highest BCUT2D eigenvalue weighted by Crippen LogP contribution is 2.21. The van der Waals surface area contributed by atoms with Gasteiger partial charge in [-0.05, 0) is 54.8 Å². The van der Waals surface area contributed by atoms with Gasteiger partial charge in [0.2, 0.25) is 5.89 Å². The molecule has 0 atom stereocenters. The fourth-order valence-electron chi connectivity index (χ4n) is 2.71. The van der Waals surface area contributed by atoms with Crippen LogP contribution in [-0.2, 0) is 6.61 Å². The molecule has 0 aliphatic carbocycles. The number of thioether (sulfide) groups is 1. The summed E-state index contributed by atoms with van der Waals surface area (Å²) in [5.41, 5.74) is 2.05. The molecule has 0 radical (unpaired) electrons. The van der Waals surface area contributed by atoms with Gasteiger partial charge in [0.15, 0.2) is 6.61 Å². The number of nitrogens with one attached hydrogen (secondary N) is 1. The molecular weight excluding hydrogens is 400 g/mol. The van der Waals surface area contributed by atoms with Crippen LogP contribution in [0.3, 0.4) is 0 Å². The Hall–Kier alpha value is -3.65. The minimum atomic E-state index is -0.208. The van der Waals surface area contributed by atoms with Gasteiger partial charge in [-0.1, -0.05) is 18.2 Å². The summed E-state index contributed by atoms with van der Waals surface area (Å²) in [5.74, 6) is 1.25. The fraction of sp³-hybridized carbons (Fsp3) is 0.0909. The number of ether oxygens (including phenoxy) is 1. The van der Waals surface area contributed by atoms with Crippen molar-refractivity contribution in [1.29, 1.82) is 0 Å². The quantitative estimate of drug-likeness (QED) is 0.436. The van der Waals surface area contributed by atoms with E-state index in [-0.39, 0.29) is 12.5 Å². The number of benzene rings is 2. The number of nitrogens with zero attached hydrogens (tertiary/aromatic N) is 3. The van der Waals surface area contributed by atoms with Gasteiger partial charge in [-0.15, -0.1) is 22.0 Å². The molecule has 0 aliphatic rings. The third kappa shape index (κ3) is 4.66. The number of carbonyl (C=O) groups excluding carboxylic acids is 1. The van der Waals surface area contributed by atoms with Crippen molar-refractivity contribution in [2.45, 2.75) is 11.6 Å². The molecule has 0 spiro atoms. The molecule has 4 aromatic rings. The summed E-state index contributed by atoms with van der Waals surface area (Å²) in [5, 5.41) is 11.6. The van der Waals surface area contributed by atoms with Crippen LogP contribution < -0.4 is 10.1 Å². The molecule has 1 N–H and O–H groups in total. The first-order chi connectivity index (χ1) is 14.7. The highest BCUT2D eigenvalue weighted by atomic mass is 32.2. The normalized spacial score (nSPS) is 10.6. The van der Waals surface area contributed by atoms with Gasteiger partial charge in [0.25, 0.3) is 11.8 Å². The molecule has 0 bridgehead atoms. The molecule has 30 heavy (non-hydrogen) atoms. The Kier molecular flexibility index (Phi) is 6.05. The predicted octanol–water partition coefficient (Wildman–Crippen LogP) is 4.68. The van der Waals surface area contributed by atoms with E-state index in [0.717, 1.165) is 5.56 Å². The zero-order valence-electron chi connectivity index (χ0n) is 16.1. The maximum Gasteiger partial charge on any atom is 0.258 e. The van der Waals surface area contributed by atoms with Crippen LogP contribution in [0.1, 0.15) is 16.2 Å². The summed E-state index contributed by atoms with van der Waals surface area (Å²) < 4.78 is 11.3. The number of anilines is 1. The third-order valence-corrected chi connectivity index (χ3v) is 4.88. The predicted molar refractivity (Wildman–Crippen MR) is 114 cm³/mol. The highest BCUT2D eigenvalue weighted by Gasteiger charge is 2.12. The third-order valence-electron chi connectivity index (χ3n) is 4.17. The van der Waals surface area contributed by atoms with Crippen LogP contribution in [0.2, 0.25) is 0 Å². The molecule has 150 valence electrons. The molecule has 4 rings (SSSR count). The second-order valence-electron chi connectivity index (χ2n) is 6.19. The minimum Gasteiger partial charge on any atom is -0.484 e. The van der Waals surface area contributed by atoms with E-state index in [2.05, 4.69) is 20.5 Å². The molecule has 0 saturated carbocycles. The summed E-state index contributed by atoms with van der Waals surface area (Å²) in [7, 11) is 0. The van der Waals surface area contributed by atoms with E-state index in [0.29, 0.717) is 33.8 Å². The Balaban J connectivity index is 1.35. The average molecular weight is 418 g/mol. The van der Waals surface area contributed by atoms with E-state index in [1.54, 1.807) is 42.6 Å². The van der Waals surface area contributed by atoms with Gasteiger partial charge in [0.05, 0.1) is 5.56 Å². The molecule has 0 unspecified atom stereocenters. The van der Waals surface area contributed by atoms with Crippen molar-refractivity contribution < 1.29 is 13.9 Å². The van der Waals surface area contributed by atoms with Gasteiger partial charge < -0.3 is 14.5 Å². The fourth-order valence-corrected chi connectivity index (χ4v) is 3.26. The van der Waals surface area contributed by atoms with Gasteiger partial charge in [0, 0.05) is 17.4 Å². The van der Waals surface area contributed by atoms with Crippen molar-refractivity contribution in [1.82, 2.24) is 15.2 Å². The van der Waals surface area contributed by atoms with Gasteiger partial charge in [-0.2, -0.15) is 0 Å². The van der Waals surface area contributed by atoms with E-state index < -0.39 is 0 Å². The molecule has 0 saturated heterocycles. The summed E-state index contributed by atoms with van der Waals surface area (Å²) in [6.45, 7) is 0.151. The minimum absolute atomic E-state index is 0.151. The Morgan fingerprint density at radius 3 is 2.60 bits per heavy atom. The Morgan fingerprint density at radius 1 is 1.03 bits per heavy atom. The standard InChI is InChI=1S/C22H18N4O3S/c1-30-22-18(8-5-13-23-22)20(27)24-16-9-11-17(12-10-16)28-14-19-25-26-21(29-19)15-6-3-2-4-7-15/h2-13H,14H2,1H3,(H,24,27). The first-order valence-electron chi connectivity index (χ1n) is 9.14.